The molecule has 8 heteroatoms. The van der Waals surface area contributed by atoms with E-state index in [0.29, 0.717) is 0 Å². The number of hydrogen-bond donors (Lipinski definition) is 1. The molecule has 66 valence electrons. The van der Waals surface area contributed by atoms with Crippen LogP contribution in [0.4, 0.5) is 0 Å². The number of carbonyl (C=O) groups is 1. The van der Waals surface area contributed by atoms with Crippen molar-refractivity contribution in [1.82, 2.24) is 0 Å². The van der Waals surface area contributed by atoms with Gasteiger partial charge in [-0.3, -0.25) is 0 Å². The molecule has 0 radical (unpaired) electrons. The second-order valence-corrected chi connectivity index (χ2v) is 5.41. The van der Waals surface area contributed by atoms with Crippen LogP contribution in [0.1, 0.15) is 0 Å². The third-order valence-corrected chi connectivity index (χ3v) is 4.36. The van der Waals surface area contributed by atoms with E-state index in [0.717, 1.165) is 0 Å². The average Bonchev–Trinajstić information content (AvgIpc) is 2.48. The summed E-state index contributed by atoms with van der Waals surface area (Å²) in [5.41, 5.74) is 13.4. The van der Waals surface area contributed by atoms with Gasteiger partial charge >= 0.3 is 74.0 Å². The number of allylic oxidation sites excluding steroid dienone is 1. The van der Waals surface area contributed by atoms with Gasteiger partial charge in [-0.25, -0.2) is 0 Å². The third kappa shape index (κ3) is 1.93. The molecule has 0 aromatic carbocycles. The van der Waals surface area contributed by atoms with E-state index in [2.05, 4.69) is 10.0 Å². The maximum absolute atomic E-state index is 10.9. The van der Waals surface area contributed by atoms with Gasteiger partial charge in [0.25, 0.3) is 0 Å². The monoisotopic (exact) mass is 214 g/mol. The minimum absolute atomic E-state index is 0.157. The molecule has 0 saturated heterocycles. The molecule has 0 bridgehead atoms. The molecular weight excluding hydrogens is 210 g/mol. The van der Waals surface area contributed by atoms with Crippen LogP contribution >= 0.6 is 14.6 Å². The number of amides is 1. The van der Waals surface area contributed by atoms with Gasteiger partial charge in [-0.05, 0) is 0 Å². The van der Waals surface area contributed by atoms with E-state index in [4.69, 9.17) is 11.3 Å². The van der Waals surface area contributed by atoms with Gasteiger partial charge in [-0.1, -0.05) is 0 Å². The SMILES string of the molecule is [N-]=[N+]=NC1=C(C(N)=O)P(#P=O)C=C1. The fourth-order valence-electron chi connectivity index (χ4n) is 0.848. The first-order valence-electron chi connectivity index (χ1n) is 3.10. The predicted molar refractivity (Wildman–Crippen MR) is 49.0 cm³/mol. The molecule has 1 aliphatic heterocycles. The van der Waals surface area contributed by atoms with Crippen LogP contribution in [0.15, 0.2) is 28.0 Å². The third-order valence-electron chi connectivity index (χ3n) is 1.32. The molecule has 2 N–H and O–H groups in total. The first-order chi connectivity index (χ1) is 6.20. The van der Waals surface area contributed by atoms with Gasteiger partial charge in [0.15, 0.2) is 0 Å². The molecule has 0 aliphatic carbocycles. The van der Waals surface area contributed by atoms with E-state index in [1.807, 2.05) is 0 Å². The Balaban J connectivity index is 3.41. The first kappa shape index (κ1) is 9.87. The summed E-state index contributed by atoms with van der Waals surface area (Å²) in [6.07, 6.45) is 1.45. The van der Waals surface area contributed by atoms with Crippen LogP contribution < -0.4 is 5.73 Å². The first-order valence-corrected chi connectivity index (χ1v) is 6.03. The molecular formula is C5H4N4O2P2. The molecule has 1 unspecified atom stereocenters. The van der Waals surface area contributed by atoms with E-state index in [1.165, 1.54) is 6.08 Å². The zero-order valence-electron chi connectivity index (χ0n) is 6.28. The summed E-state index contributed by atoms with van der Waals surface area (Å²) in [6.45, 7) is 0. The summed E-state index contributed by atoms with van der Waals surface area (Å²) in [7, 11) is -1.40. The minimum atomic E-state index is -1.22. The summed E-state index contributed by atoms with van der Waals surface area (Å²) in [4.78, 5) is 13.4. The molecule has 0 aromatic heterocycles. The Morgan fingerprint density at radius 2 is 2.46 bits per heavy atom. The van der Waals surface area contributed by atoms with Crippen molar-refractivity contribution in [1.29, 1.82) is 0 Å². The second kappa shape index (κ2) is 4.15. The van der Waals surface area contributed by atoms with Gasteiger partial charge in [-0.15, -0.1) is 0 Å². The van der Waals surface area contributed by atoms with E-state index in [-0.39, 0.29) is 18.6 Å². The summed E-state index contributed by atoms with van der Waals surface area (Å²) in [5, 5.41) is 3.43. The second-order valence-electron chi connectivity index (χ2n) is 2.03. The Labute approximate surface area is 74.8 Å². The van der Waals surface area contributed by atoms with Gasteiger partial charge in [0.1, 0.15) is 0 Å². The van der Waals surface area contributed by atoms with Crippen molar-refractivity contribution in [2.24, 2.45) is 10.8 Å². The number of primary amides is 1. The quantitative estimate of drug-likeness (QED) is 0.329. The van der Waals surface area contributed by atoms with E-state index in [9.17, 15) is 9.36 Å². The number of nitrogens with two attached hydrogens (primary N) is 1. The number of carbonyl (C=O) groups excluding carboxylic acids is 1. The van der Waals surface area contributed by atoms with Crippen molar-refractivity contribution < 1.29 is 9.36 Å². The standard InChI is InChI=1S/C5H4N4O2P2/c6-5(10)4-3(8-9-7)1-2-13(4)12-11/h1-2H,(H2,6,10). The molecule has 0 aromatic rings. The van der Waals surface area contributed by atoms with Crippen LogP contribution in [-0.4, -0.2) is 5.91 Å². The average molecular weight is 214 g/mol. The molecule has 1 amide bonds. The van der Waals surface area contributed by atoms with Gasteiger partial charge in [0.2, 0.25) is 0 Å². The Morgan fingerprint density at radius 1 is 1.77 bits per heavy atom. The topological polar surface area (TPSA) is 109 Å². The Morgan fingerprint density at radius 3 is 2.92 bits per heavy atom. The van der Waals surface area contributed by atoms with Crippen molar-refractivity contribution in [3.8, 4) is 0 Å². The van der Waals surface area contributed by atoms with Crippen molar-refractivity contribution in [3.63, 3.8) is 0 Å². The molecule has 6 nitrogen and oxygen atoms in total. The van der Waals surface area contributed by atoms with E-state index < -0.39 is 12.9 Å². The summed E-state index contributed by atoms with van der Waals surface area (Å²) in [5.74, 6) is 0.871. The van der Waals surface area contributed by atoms with Gasteiger partial charge < -0.3 is 0 Å². The summed E-state index contributed by atoms with van der Waals surface area (Å²) < 4.78 is 10.6. The van der Waals surface area contributed by atoms with Crippen molar-refractivity contribution >= 4 is 20.5 Å². The van der Waals surface area contributed by atoms with Crippen LogP contribution in [0.2, 0.25) is 0 Å². The van der Waals surface area contributed by atoms with Crippen molar-refractivity contribution in [2.45, 2.75) is 0 Å². The molecule has 1 heterocycles. The van der Waals surface area contributed by atoms with Crippen LogP contribution in [0, 0.1) is 0 Å². The number of azide groups is 1. The fourth-order valence-corrected chi connectivity index (χ4v) is 3.21. The molecule has 1 atom stereocenters. The zero-order valence-corrected chi connectivity index (χ0v) is 8.07. The summed E-state index contributed by atoms with van der Waals surface area (Å²) in [6, 6.07) is 0. The van der Waals surface area contributed by atoms with Crippen LogP contribution in [0.5, 0.6) is 0 Å². The molecule has 0 saturated carbocycles. The molecule has 13 heavy (non-hydrogen) atoms. The van der Waals surface area contributed by atoms with Gasteiger partial charge in [0, 0.05) is 0 Å². The Bertz CT molecular complexity index is 491. The molecule has 0 fully saturated rings. The van der Waals surface area contributed by atoms with Gasteiger partial charge in [0.05, 0.1) is 0 Å². The maximum atomic E-state index is 10.9. The summed E-state index contributed by atoms with van der Waals surface area (Å²) >= 11 is 0. The zero-order chi connectivity index (χ0) is 9.84. The van der Waals surface area contributed by atoms with E-state index in [1.54, 1.807) is 5.82 Å². The van der Waals surface area contributed by atoms with E-state index >= 15 is 0 Å². The van der Waals surface area contributed by atoms with Crippen LogP contribution in [0.3, 0.4) is 0 Å². The van der Waals surface area contributed by atoms with Crippen molar-refractivity contribution in [3.05, 3.63) is 33.3 Å². The molecule has 0 spiro atoms. The normalized spacial score (nSPS) is 17.1. The van der Waals surface area contributed by atoms with Crippen molar-refractivity contribution in [2.75, 3.05) is 0 Å². The predicted octanol–water partition coefficient (Wildman–Crippen LogP) is 2.21. The number of nitrogens with zero attached hydrogens (tertiary/aromatic N) is 3. The van der Waals surface area contributed by atoms with Crippen LogP contribution in [-0.2, 0) is 9.36 Å². The number of rotatable bonds is 2. The van der Waals surface area contributed by atoms with Gasteiger partial charge in [-0.2, -0.15) is 0 Å². The Kier molecular flexibility index (Phi) is 3.15. The fraction of sp³-hybridized carbons (Fsp3) is 0. The van der Waals surface area contributed by atoms with Crippen LogP contribution in [0.25, 0.3) is 10.4 Å². The Hall–Kier alpha value is -1.21. The molecule has 1 aliphatic rings. The number of hydrogen-bond acceptors (Lipinski definition) is 3. The molecule has 1 rings (SSSR count).